The van der Waals surface area contributed by atoms with Crippen LogP contribution in [0.25, 0.3) is 11.2 Å². The number of phosphoric acid groups is 1. The molecular weight excluding hydrogens is 681 g/mol. The molecular formula is C23H24Br2N5O9P. The Balaban J connectivity index is 1.24. The van der Waals surface area contributed by atoms with Gasteiger partial charge in [-0.05, 0) is 37.6 Å². The standard InChI is InChI=1S/C23H24Br2N5O9P/c1-3-33-19-16-18(28-21(26)29-19)30(10-27-16)20-23(2)17(37-22(31)38-23)15(36-20)9-35-40(32)34-5-4-14(39-40)11-6-12(24)8-13(25)7-11/h6-8,10,14-15,17,20H,3-5,9H2,1-2H3,(H2,26,28,29)/t14-,15+,17+,20+,23+,40+/m0/s1. The molecule has 0 unspecified atom stereocenters. The molecule has 0 aliphatic carbocycles. The Bertz CT molecular complexity index is 1510. The summed E-state index contributed by atoms with van der Waals surface area (Å²) in [6.45, 7) is 3.67. The molecule has 5 heterocycles. The number of halogens is 2. The van der Waals surface area contributed by atoms with E-state index in [1.165, 1.54) is 6.33 Å². The van der Waals surface area contributed by atoms with Gasteiger partial charge in [-0.15, -0.1) is 0 Å². The molecule has 3 aliphatic rings. The van der Waals surface area contributed by atoms with Gasteiger partial charge >= 0.3 is 14.0 Å². The minimum atomic E-state index is -4.00. The van der Waals surface area contributed by atoms with E-state index in [0.717, 1.165) is 14.5 Å². The zero-order valence-corrected chi connectivity index (χ0v) is 25.3. The van der Waals surface area contributed by atoms with Gasteiger partial charge in [-0.3, -0.25) is 18.1 Å². The lowest BCUT2D eigenvalue weighted by Gasteiger charge is -2.30. The molecule has 40 heavy (non-hydrogen) atoms. The highest BCUT2D eigenvalue weighted by Crippen LogP contribution is 2.58. The molecule has 6 atom stereocenters. The zero-order chi connectivity index (χ0) is 28.2. The van der Waals surface area contributed by atoms with Crippen LogP contribution >= 0.6 is 39.7 Å². The van der Waals surface area contributed by atoms with Gasteiger partial charge < -0.3 is 24.7 Å². The molecule has 2 N–H and O–H groups in total. The summed E-state index contributed by atoms with van der Waals surface area (Å²) in [5.74, 6) is 0.174. The average molecular weight is 705 g/mol. The van der Waals surface area contributed by atoms with Crippen LogP contribution in [-0.4, -0.2) is 63.3 Å². The second-order valence-electron chi connectivity index (χ2n) is 9.41. The Labute approximate surface area is 244 Å². The number of fused-ring (bicyclic) bond motifs is 2. The fraction of sp³-hybridized carbons (Fsp3) is 0.478. The number of carbonyl (C=O) groups is 1. The highest BCUT2D eigenvalue weighted by molar-refractivity contribution is 9.11. The van der Waals surface area contributed by atoms with E-state index in [1.807, 2.05) is 18.2 Å². The first-order valence-corrected chi connectivity index (χ1v) is 15.3. The van der Waals surface area contributed by atoms with E-state index in [9.17, 15) is 9.36 Å². The zero-order valence-electron chi connectivity index (χ0n) is 21.2. The van der Waals surface area contributed by atoms with Gasteiger partial charge in [0.15, 0.2) is 29.1 Å². The van der Waals surface area contributed by atoms with E-state index in [4.69, 9.17) is 38.3 Å². The van der Waals surface area contributed by atoms with Crippen molar-refractivity contribution in [2.24, 2.45) is 0 Å². The van der Waals surface area contributed by atoms with Gasteiger partial charge in [-0.1, -0.05) is 31.9 Å². The number of benzene rings is 1. The van der Waals surface area contributed by atoms with E-state index < -0.39 is 44.1 Å². The lowest BCUT2D eigenvalue weighted by atomic mass is 9.96. The van der Waals surface area contributed by atoms with Crippen molar-refractivity contribution in [3.63, 3.8) is 0 Å². The van der Waals surface area contributed by atoms with Gasteiger partial charge in [-0.2, -0.15) is 9.97 Å². The normalized spacial score (nSPS) is 31.6. The number of aromatic nitrogens is 4. The van der Waals surface area contributed by atoms with Crippen molar-refractivity contribution in [3.8, 4) is 5.88 Å². The maximum Gasteiger partial charge on any atom is 0.509 e. The van der Waals surface area contributed by atoms with Crippen LogP contribution < -0.4 is 10.5 Å². The molecule has 2 aromatic heterocycles. The number of imidazole rings is 1. The molecule has 0 saturated carbocycles. The summed E-state index contributed by atoms with van der Waals surface area (Å²) in [6.07, 6.45) is -2.23. The number of nitrogen functional groups attached to an aromatic ring is 1. The van der Waals surface area contributed by atoms with E-state index in [1.54, 1.807) is 18.4 Å². The maximum atomic E-state index is 13.5. The molecule has 1 aromatic carbocycles. The molecule has 3 aromatic rings. The maximum absolute atomic E-state index is 13.5. The molecule has 214 valence electrons. The number of hydrogen-bond acceptors (Lipinski definition) is 13. The number of hydrogen-bond donors (Lipinski definition) is 1. The number of phosphoric ester groups is 1. The minimum absolute atomic E-state index is 0.0336. The second-order valence-corrected chi connectivity index (χ2v) is 12.9. The predicted octanol–water partition coefficient (Wildman–Crippen LogP) is 4.83. The summed E-state index contributed by atoms with van der Waals surface area (Å²) < 4.78 is 56.5. The van der Waals surface area contributed by atoms with E-state index in [0.29, 0.717) is 24.2 Å². The van der Waals surface area contributed by atoms with E-state index in [2.05, 4.69) is 46.8 Å². The average Bonchev–Trinajstić information content (AvgIpc) is 3.51. The van der Waals surface area contributed by atoms with Crippen LogP contribution in [-0.2, 0) is 32.3 Å². The third kappa shape index (κ3) is 4.99. The van der Waals surface area contributed by atoms with Crippen LogP contribution in [0.5, 0.6) is 5.88 Å². The largest absolute Gasteiger partial charge is 0.509 e. The highest BCUT2D eigenvalue weighted by Gasteiger charge is 2.64. The molecule has 0 spiro atoms. The number of rotatable bonds is 7. The van der Waals surface area contributed by atoms with Gasteiger partial charge in [0, 0.05) is 15.4 Å². The first kappa shape index (κ1) is 27.8. The molecule has 17 heteroatoms. The Morgan fingerprint density at radius 1 is 1.25 bits per heavy atom. The molecule has 14 nitrogen and oxygen atoms in total. The summed E-state index contributed by atoms with van der Waals surface area (Å²) in [4.78, 5) is 25.0. The van der Waals surface area contributed by atoms with Crippen LogP contribution in [0.4, 0.5) is 10.7 Å². The third-order valence-corrected chi connectivity index (χ3v) is 9.10. The topological polar surface area (TPSA) is 168 Å². The lowest BCUT2D eigenvalue weighted by Crippen LogP contribution is -2.42. The van der Waals surface area contributed by atoms with Crippen molar-refractivity contribution in [2.75, 3.05) is 25.6 Å². The van der Waals surface area contributed by atoms with Crippen LogP contribution in [0, 0.1) is 0 Å². The van der Waals surface area contributed by atoms with E-state index in [-0.39, 0.29) is 25.0 Å². The van der Waals surface area contributed by atoms with Crippen LogP contribution in [0.15, 0.2) is 33.5 Å². The Morgan fingerprint density at radius 3 is 2.77 bits per heavy atom. The lowest BCUT2D eigenvalue weighted by molar-refractivity contribution is -0.0925. The minimum Gasteiger partial charge on any atom is -0.476 e. The smallest absolute Gasteiger partial charge is 0.476 e. The van der Waals surface area contributed by atoms with Crippen molar-refractivity contribution >= 4 is 63.0 Å². The van der Waals surface area contributed by atoms with E-state index >= 15 is 0 Å². The third-order valence-electron chi connectivity index (χ3n) is 6.70. The van der Waals surface area contributed by atoms with Gasteiger partial charge in [0.05, 0.1) is 32.3 Å². The van der Waals surface area contributed by atoms with Gasteiger partial charge in [0.25, 0.3) is 0 Å². The fourth-order valence-corrected chi connectivity index (χ4v) is 7.73. The quantitative estimate of drug-likeness (QED) is 0.263. The van der Waals surface area contributed by atoms with Crippen molar-refractivity contribution < 1.29 is 41.9 Å². The first-order valence-electron chi connectivity index (χ1n) is 12.3. The summed E-state index contributed by atoms with van der Waals surface area (Å²) in [6, 6.07) is 5.63. The SMILES string of the molecule is CCOc1nc(N)nc2c1ncn2[C@@H]1O[C@H](CO[P@@]2(=O)OCC[C@@H](c3cc(Br)cc(Br)c3)O2)[C@H]2OC(=O)O[C@]21C. The Hall–Kier alpha value is -2.33. The van der Waals surface area contributed by atoms with Gasteiger partial charge in [0.1, 0.15) is 6.10 Å². The molecule has 0 radical (unpaired) electrons. The summed E-state index contributed by atoms with van der Waals surface area (Å²) in [5, 5.41) is 0. The highest BCUT2D eigenvalue weighted by atomic mass is 79.9. The van der Waals surface area contributed by atoms with Crippen molar-refractivity contribution in [1.29, 1.82) is 0 Å². The molecule has 0 bridgehead atoms. The number of carbonyl (C=O) groups excluding carboxylic acids is 1. The van der Waals surface area contributed by atoms with Crippen LogP contribution in [0.3, 0.4) is 0 Å². The van der Waals surface area contributed by atoms with Gasteiger partial charge in [-0.25, -0.2) is 14.3 Å². The predicted molar refractivity (Wildman–Crippen MR) is 144 cm³/mol. The van der Waals surface area contributed by atoms with Crippen molar-refractivity contribution in [1.82, 2.24) is 19.5 Å². The fourth-order valence-electron chi connectivity index (χ4n) is 5.01. The molecule has 3 fully saturated rings. The molecule has 3 saturated heterocycles. The summed E-state index contributed by atoms with van der Waals surface area (Å²) >= 11 is 6.91. The van der Waals surface area contributed by atoms with Gasteiger partial charge in [0.2, 0.25) is 11.8 Å². The molecule has 0 amide bonds. The Morgan fingerprint density at radius 2 is 2.02 bits per heavy atom. The Kier molecular flexibility index (Phi) is 7.30. The monoisotopic (exact) mass is 703 g/mol. The number of anilines is 1. The summed E-state index contributed by atoms with van der Waals surface area (Å²) in [5.41, 5.74) is 6.06. The number of ether oxygens (including phenoxy) is 4. The molecule has 6 rings (SSSR count). The number of nitrogens with zero attached hydrogens (tertiary/aromatic N) is 4. The second kappa shape index (κ2) is 10.5. The van der Waals surface area contributed by atoms with Crippen LogP contribution in [0.1, 0.15) is 38.2 Å². The summed E-state index contributed by atoms with van der Waals surface area (Å²) in [7, 11) is -4.00. The van der Waals surface area contributed by atoms with Crippen molar-refractivity contribution in [2.45, 2.75) is 50.4 Å². The van der Waals surface area contributed by atoms with Crippen molar-refractivity contribution in [3.05, 3.63) is 39.0 Å². The first-order chi connectivity index (χ1) is 19.1. The number of nitrogens with two attached hydrogens (primary N) is 1. The molecule has 3 aliphatic heterocycles. The van der Waals surface area contributed by atoms with Crippen LogP contribution in [0.2, 0.25) is 0 Å².